The first-order valence-corrected chi connectivity index (χ1v) is 13.4. The summed E-state index contributed by atoms with van der Waals surface area (Å²) in [6.45, 7) is 1.53. The van der Waals surface area contributed by atoms with E-state index in [1.165, 1.54) is 18.3 Å². The van der Waals surface area contributed by atoms with Crippen LogP contribution in [0.5, 0.6) is 5.75 Å². The number of nitrogens with zero attached hydrogens (tertiary/aromatic N) is 2. The average molecular weight is 550 g/mol. The van der Waals surface area contributed by atoms with Crippen molar-refractivity contribution in [1.29, 1.82) is 0 Å². The van der Waals surface area contributed by atoms with Crippen LogP contribution < -0.4 is 10.1 Å². The van der Waals surface area contributed by atoms with Gasteiger partial charge in [-0.15, -0.1) is 11.3 Å². The van der Waals surface area contributed by atoms with Crippen LogP contribution in [0, 0.1) is 0 Å². The molecule has 1 unspecified atom stereocenters. The van der Waals surface area contributed by atoms with Gasteiger partial charge in [-0.2, -0.15) is 0 Å². The molecule has 1 N–H and O–H groups in total. The minimum atomic E-state index is -1.06. The topological polar surface area (TPSA) is 104 Å². The maximum absolute atomic E-state index is 13.3. The highest BCUT2D eigenvalue weighted by Gasteiger charge is 2.23. The van der Waals surface area contributed by atoms with E-state index in [9.17, 15) is 9.59 Å². The number of esters is 1. The predicted octanol–water partition coefficient (Wildman–Crippen LogP) is 6.96. The van der Waals surface area contributed by atoms with Gasteiger partial charge in [0.25, 0.3) is 5.91 Å². The minimum Gasteiger partial charge on any atom is -0.497 e. The molecule has 0 radical (unpaired) electrons. The molecule has 8 nitrogen and oxygen atoms in total. The summed E-state index contributed by atoms with van der Waals surface area (Å²) < 4.78 is 16.8. The Morgan fingerprint density at radius 2 is 1.70 bits per heavy atom. The third-order valence-corrected chi connectivity index (χ3v) is 7.18. The maximum atomic E-state index is 13.3. The third kappa shape index (κ3) is 4.90. The second-order valence-corrected chi connectivity index (χ2v) is 9.86. The molecule has 0 aliphatic heterocycles. The second-order valence-electron chi connectivity index (χ2n) is 9.00. The molecule has 0 spiro atoms. The number of thiazole rings is 1. The number of carbonyl (C=O) groups is 2. The van der Waals surface area contributed by atoms with E-state index in [-0.39, 0.29) is 0 Å². The molecule has 0 bridgehead atoms. The van der Waals surface area contributed by atoms with E-state index in [1.807, 2.05) is 78.2 Å². The van der Waals surface area contributed by atoms with E-state index in [1.54, 1.807) is 19.2 Å². The van der Waals surface area contributed by atoms with Crippen molar-refractivity contribution >= 4 is 50.2 Å². The molecule has 6 aromatic rings. The smallest absolute Gasteiger partial charge is 0.339 e. The monoisotopic (exact) mass is 549 g/mol. The fourth-order valence-electron chi connectivity index (χ4n) is 4.39. The number of hydrogen-bond donors (Lipinski definition) is 1. The van der Waals surface area contributed by atoms with E-state index in [2.05, 4.69) is 15.3 Å². The summed E-state index contributed by atoms with van der Waals surface area (Å²) in [6.07, 6.45) is -1.06. The van der Waals surface area contributed by atoms with Crippen molar-refractivity contribution in [3.8, 4) is 28.5 Å². The summed E-state index contributed by atoms with van der Waals surface area (Å²) in [5, 5.41) is 6.45. The van der Waals surface area contributed by atoms with Crippen LogP contribution in [0.3, 0.4) is 0 Å². The van der Waals surface area contributed by atoms with Gasteiger partial charge >= 0.3 is 5.97 Å². The molecule has 40 heavy (non-hydrogen) atoms. The SMILES string of the molecule is COc1ccc(-c2csc(NC(=O)C(C)OC(=O)c3cccc4cccc(-c5nc6ccccc6o5)c34)n2)cc1. The third-order valence-electron chi connectivity index (χ3n) is 6.42. The van der Waals surface area contributed by atoms with Gasteiger partial charge in [-0.1, -0.05) is 36.4 Å². The fourth-order valence-corrected chi connectivity index (χ4v) is 5.11. The molecule has 1 amide bonds. The zero-order chi connectivity index (χ0) is 27.6. The maximum Gasteiger partial charge on any atom is 0.339 e. The molecule has 0 fully saturated rings. The highest BCUT2D eigenvalue weighted by Crippen LogP contribution is 2.33. The number of benzene rings is 4. The molecule has 9 heteroatoms. The number of anilines is 1. The van der Waals surface area contributed by atoms with Crippen molar-refractivity contribution in [1.82, 2.24) is 9.97 Å². The van der Waals surface area contributed by atoms with E-state index in [0.29, 0.717) is 33.1 Å². The Kier molecular flexibility index (Phi) is 6.71. The van der Waals surface area contributed by atoms with Gasteiger partial charge in [0, 0.05) is 21.9 Å². The molecule has 0 aliphatic rings. The number of rotatable bonds is 7. The molecule has 0 saturated heterocycles. The predicted molar refractivity (Wildman–Crippen MR) is 155 cm³/mol. The van der Waals surface area contributed by atoms with E-state index < -0.39 is 18.0 Å². The van der Waals surface area contributed by atoms with Crippen LogP contribution in [0.1, 0.15) is 17.3 Å². The number of nitrogens with one attached hydrogen (secondary N) is 1. The highest BCUT2D eigenvalue weighted by atomic mass is 32.1. The second kappa shape index (κ2) is 10.6. The van der Waals surface area contributed by atoms with Gasteiger partial charge in [0.1, 0.15) is 11.3 Å². The lowest BCUT2D eigenvalue weighted by Gasteiger charge is -2.14. The van der Waals surface area contributed by atoms with Crippen LogP contribution in [0.4, 0.5) is 5.13 Å². The molecule has 0 saturated carbocycles. The zero-order valence-electron chi connectivity index (χ0n) is 21.6. The quantitative estimate of drug-likeness (QED) is 0.215. The van der Waals surface area contributed by atoms with Gasteiger partial charge in [-0.05, 0) is 60.8 Å². The summed E-state index contributed by atoms with van der Waals surface area (Å²) in [5.41, 5.74) is 3.95. The first-order valence-electron chi connectivity index (χ1n) is 12.5. The van der Waals surface area contributed by atoms with E-state index >= 15 is 0 Å². The molecule has 6 rings (SSSR count). The first-order chi connectivity index (χ1) is 19.5. The number of hydrogen-bond acceptors (Lipinski definition) is 8. The van der Waals surface area contributed by atoms with Crippen molar-refractivity contribution < 1.29 is 23.5 Å². The Morgan fingerprint density at radius 1 is 0.925 bits per heavy atom. The van der Waals surface area contributed by atoms with Crippen molar-refractivity contribution in [2.45, 2.75) is 13.0 Å². The fraction of sp³-hybridized carbons (Fsp3) is 0.0968. The summed E-state index contributed by atoms with van der Waals surface area (Å²) in [5.74, 6) is 0.0304. The Bertz CT molecular complexity index is 1820. The number of para-hydroxylation sites is 2. The highest BCUT2D eigenvalue weighted by molar-refractivity contribution is 7.14. The average Bonchev–Trinajstić information content (AvgIpc) is 3.64. The Morgan fingerprint density at radius 3 is 2.48 bits per heavy atom. The largest absolute Gasteiger partial charge is 0.497 e. The van der Waals surface area contributed by atoms with Crippen LogP contribution in [-0.2, 0) is 9.53 Å². The molecule has 2 aromatic heterocycles. The minimum absolute atomic E-state index is 0.311. The molecular formula is C31H23N3O5S. The van der Waals surface area contributed by atoms with Crippen molar-refractivity contribution in [3.05, 3.63) is 95.9 Å². The number of carbonyl (C=O) groups excluding carboxylic acids is 2. The van der Waals surface area contributed by atoms with Gasteiger partial charge in [-0.25, -0.2) is 14.8 Å². The van der Waals surface area contributed by atoms with Gasteiger partial charge in [0.05, 0.1) is 18.4 Å². The van der Waals surface area contributed by atoms with Gasteiger partial charge < -0.3 is 13.9 Å². The lowest BCUT2D eigenvalue weighted by Crippen LogP contribution is -2.30. The van der Waals surface area contributed by atoms with Crippen LogP contribution in [0.2, 0.25) is 0 Å². The van der Waals surface area contributed by atoms with E-state index in [4.69, 9.17) is 13.9 Å². The van der Waals surface area contributed by atoms with Crippen LogP contribution >= 0.6 is 11.3 Å². The summed E-state index contributed by atoms with van der Waals surface area (Å²) in [7, 11) is 1.61. The first kappa shape index (κ1) is 25.3. The molecule has 4 aromatic carbocycles. The molecule has 198 valence electrons. The standard InChI is InChI=1S/C31H23N3O5S/c1-18(28(35)34-31-33-25(17-40-31)19-13-15-21(37-2)16-14-19)38-30(36)23-10-6-8-20-7-5-9-22(27(20)23)29-32-24-11-3-4-12-26(24)39-29/h3-18H,1-2H3,(H,33,34,35). The number of ether oxygens (including phenoxy) is 2. The summed E-state index contributed by atoms with van der Waals surface area (Å²) in [6, 6.07) is 25.9. The van der Waals surface area contributed by atoms with Gasteiger partial charge in [0.2, 0.25) is 5.89 Å². The number of fused-ring (bicyclic) bond motifs is 2. The summed E-state index contributed by atoms with van der Waals surface area (Å²) >= 11 is 1.29. The molecule has 2 heterocycles. The number of aromatic nitrogens is 2. The van der Waals surface area contributed by atoms with Gasteiger partial charge in [0.15, 0.2) is 16.8 Å². The molecule has 1 atom stereocenters. The lowest BCUT2D eigenvalue weighted by molar-refractivity contribution is -0.123. The Labute approximate surface area is 233 Å². The van der Waals surface area contributed by atoms with Crippen molar-refractivity contribution in [2.24, 2.45) is 0 Å². The number of amides is 1. The number of methoxy groups -OCH3 is 1. The van der Waals surface area contributed by atoms with Crippen molar-refractivity contribution in [3.63, 3.8) is 0 Å². The normalized spacial score (nSPS) is 11.8. The van der Waals surface area contributed by atoms with Gasteiger partial charge in [-0.3, -0.25) is 10.1 Å². The lowest BCUT2D eigenvalue weighted by atomic mass is 9.99. The zero-order valence-corrected chi connectivity index (χ0v) is 22.4. The Hall–Kier alpha value is -5.02. The van der Waals surface area contributed by atoms with Crippen molar-refractivity contribution in [2.75, 3.05) is 12.4 Å². The number of oxazole rings is 1. The summed E-state index contributed by atoms with van der Waals surface area (Å²) in [4.78, 5) is 35.3. The van der Waals surface area contributed by atoms with Crippen LogP contribution in [0.25, 0.3) is 44.6 Å². The van der Waals surface area contributed by atoms with Crippen LogP contribution in [-0.4, -0.2) is 35.1 Å². The molecule has 0 aliphatic carbocycles. The van der Waals surface area contributed by atoms with E-state index in [0.717, 1.165) is 27.9 Å². The molecular weight excluding hydrogens is 526 g/mol. The van der Waals surface area contributed by atoms with Crippen LogP contribution in [0.15, 0.2) is 94.7 Å². The Balaban J connectivity index is 1.21.